The van der Waals surface area contributed by atoms with Gasteiger partial charge < -0.3 is 10.3 Å². The van der Waals surface area contributed by atoms with E-state index in [9.17, 15) is 4.39 Å². The van der Waals surface area contributed by atoms with Gasteiger partial charge in [0, 0.05) is 23.1 Å². The summed E-state index contributed by atoms with van der Waals surface area (Å²) in [4.78, 5) is 3.14. The van der Waals surface area contributed by atoms with Crippen molar-refractivity contribution in [3.8, 4) is 0 Å². The predicted molar refractivity (Wildman–Crippen MR) is 63.0 cm³/mol. The molecule has 3 heteroatoms. The summed E-state index contributed by atoms with van der Waals surface area (Å²) < 4.78 is 13.7. The molecule has 0 amide bonds. The number of hydrogen-bond acceptors (Lipinski definition) is 1. The quantitative estimate of drug-likeness (QED) is 0.796. The largest absolute Gasteiger partial charge is 0.361 e. The van der Waals surface area contributed by atoms with Gasteiger partial charge in [0.05, 0.1) is 0 Å². The van der Waals surface area contributed by atoms with Crippen LogP contribution in [-0.2, 0) is 6.42 Å². The Morgan fingerprint density at radius 2 is 2.31 bits per heavy atom. The lowest BCUT2D eigenvalue weighted by Crippen LogP contribution is -2.23. The van der Waals surface area contributed by atoms with Gasteiger partial charge in [0.1, 0.15) is 5.82 Å². The maximum atomic E-state index is 13.7. The molecule has 0 aliphatic carbocycles. The van der Waals surface area contributed by atoms with Crippen LogP contribution in [0.15, 0.2) is 24.4 Å². The summed E-state index contributed by atoms with van der Waals surface area (Å²) in [5.74, 6) is -0.119. The van der Waals surface area contributed by atoms with Crippen molar-refractivity contribution < 1.29 is 4.39 Å². The number of benzene rings is 1. The Balaban J connectivity index is 1.97. The van der Waals surface area contributed by atoms with Crippen LogP contribution in [0.5, 0.6) is 0 Å². The fourth-order valence-electron chi connectivity index (χ4n) is 2.57. The average molecular weight is 218 g/mol. The molecule has 1 aliphatic heterocycles. The molecule has 0 radical (unpaired) electrons. The van der Waals surface area contributed by atoms with Crippen molar-refractivity contribution >= 4 is 10.9 Å². The smallest absolute Gasteiger partial charge is 0.132 e. The lowest BCUT2D eigenvalue weighted by molar-refractivity contribution is 0.601. The first kappa shape index (κ1) is 9.85. The zero-order chi connectivity index (χ0) is 11.0. The maximum Gasteiger partial charge on any atom is 0.132 e. The Bertz CT molecular complexity index is 498. The Kier molecular flexibility index (Phi) is 2.40. The van der Waals surface area contributed by atoms with Crippen molar-refractivity contribution in [2.24, 2.45) is 0 Å². The van der Waals surface area contributed by atoms with Gasteiger partial charge in [-0.2, -0.15) is 0 Å². The molecule has 3 rings (SSSR count). The molecule has 16 heavy (non-hydrogen) atoms. The summed E-state index contributed by atoms with van der Waals surface area (Å²) in [7, 11) is 0. The van der Waals surface area contributed by atoms with Crippen LogP contribution in [0.4, 0.5) is 4.39 Å². The van der Waals surface area contributed by atoms with Crippen molar-refractivity contribution in [2.45, 2.75) is 25.3 Å². The Labute approximate surface area is 93.9 Å². The van der Waals surface area contributed by atoms with Crippen LogP contribution >= 0.6 is 0 Å². The fraction of sp³-hybridized carbons (Fsp3) is 0.385. The van der Waals surface area contributed by atoms with E-state index in [1.165, 1.54) is 18.9 Å². The number of nitrogens with one attached hydrogen (secondary N) is 2. The van der Waals surface area contributed by atoms with Gasteiger partial charge in [0.25, 0.3) is 0 Å². The van der Waals surface area contributed by atoms with E-state index in [0.29, 0.717) is 6.04 Å². The summed E-state index contributed by atoms with van der Waals surface area (Å²) in [6.45, 7) is 1.09. The summed E-state index contributed by atoms with van der Waals surface area (Å²) in [5.41, 5.74) is 1.99. The average Bonchev–Trinajstić information content (AvgIpc) is 2.90. The number of fused-ring (bicyclic) bond motifs is 1. The van der Waals surface area contributed by atoms with E-state index < -0.39 is 0 Å². The van der Waals surface area contributed by atoms with Gasteiger partial charge in [0.15, 0.2) is 0 Å². The van der Waals surface area contributed by atoms with E-state index in [2.05, 4.69) is 10.3 Å². The Morgan fingerprint density at radius 1 is 1.38 bits per heavy atom. The standard InChI is InChI=1S/C13H15FN2/c14-11-4-1-5-12-13(11)9(8-16-12)7-10-3-2-6-15-10/h1,4-5,8,10,15-16H,2-3,6-7H2. The van der Waals surface area contributed by atoms with Gasteiger partial charge in [-0.05, 0) is 43.5 Å². The third-order valence-electron chi connectivity index (χ3n) is 3.37. The van der Waals surface area contributed by atoms with Crippen molar-refractivity contribution in [3.63, 3.8) is 0 Å². The second kappa shape index (κ2) is 3.91. The number of H-pyrrole nitrogens is 1. The monoisotopic (exact) mass is 218 g/mol. The molecule has 1 unspecified atom stereocenters. The first-order valence-electron chi connectivity index (χ1n) is 5.82. The number of rotatable bonds is 2. The Morgan fingerprint density at radius 3 is 3.12 bits per heavy atom. The SMILES string of the molecule is Fc1cccc2[nH]cc(CC3CCCN3)c12. The second-order valence-corrected chi connectivity index (χ2v) is 4.47. The number of halogens is 1. The highest BCUT2D eigenvalue weighted by atomic mass is 19.1. The first-order valence-corrected chi connectivity index (χ1v) is 5.82. The van der Waals surface area contributed by atoms with Crippen molar-refractivity contribution in [2.75, 3.05) is 6.54 Å². The highest BCUT2D eigenvalue weighted by Gasteiger charge is 2.17. The van der Waals surface area contributed by atoms with Crippen LogP contribution in [0.3, 0.4) is 0 Å². The molecule has 2 N–H and O–H groups in total. The fourth-order valence-corrected chi connectivity index (χ4v) is 2.57. The molecule has 1 aromatic carbocycles. The molecule has 0 bridgehead atoms. The van der Waals surface area contributed by atoms with Gasteiger partial charge in [-0.3, -0.25) is 0 Å². The van der Waals surface area contributed by atoms with E-state index in [0.717, 1.165) is 29.4 Å². The normalized spacial score (nSPS) is 20.7. The molecule has 2 aromatic rings. The van der Waals surface area contributed by atoms with E-state index in [1.54, 1.807) is 6.07 Å². The van der Waals surface area contributed by atoms with Crippen LogP contribution in [0.1, 0.15) is 18.4 Å². The van der Waals surface area contributed by atoms with Gasteiger partial charge in [0.2, 0.25) is 0 Å². The van der Waals surface area contributed by atoms with Crippen molar-refractivity contribution in [1.29, 1.82) is 0 Å². The third kappa shape index (κ3) is 1.61. The third-order valence-corrected chi connectivity index (χ3v) is 3.37. The highest BCUT2D eigenvalue weighted by molar-refractivity contribution is 5.83. The molecule has 2 nitrogen and oxygen atoms in total. The second-order valence-electron chi connectivity index (χ2n) is 4.47. The maximum absolute atomic E-state index is 13.7. The molecule has 1 fully saturated rings. The van der Waals surface area contributed by atoms with Crippen LogP contribution in [0.2, 0.25) is 0 Å². The summed E-state index contributed by atoms with van der Waals surface area (Å²) in [6.07, 6.45) is 5.28. The molecule has 1 aliphatic rings. The van der Waals surface area contributed by atoms with Crippen LogP contribution in [-0.4, -0.2) is 17.6 Å². The van der Waals surface area contributed by atoms with Crippen LogP contribution < -0.4 is 5.32 Å². The molecule has 1 saturated heterocycles. The zero-order valence-electron chi connectivity index (χ0n) is 9.09. The summed E-state index contributed by atoms with van der Waals surface area (Å²) in [5, 5.41) is 4.20. The molecule has 2 heterocycles. The van der Waals surface area contributed by atoms with Crippen molar-refractivity contribution in [1.82, 2.24) is 10.3 Å². The van der Waals surface area contributed by atoms with Crippen molar-refractivity contribution in [3.05, 3.63) is 35.8 Å². The molecular weight excluding hydrogens is 203 g/mol. The minimum Gasteiger partial charge on any atom is -0.361 e. The highest BCUT2D eigenvalue weighted by Crippen LogP contribution is 2.24. The minimum atomic E-state index is -0.119. The summed E-state index contributed by atoms with van der Waals surface area (Å²) >= 11 is 0. The molecule has 1 atom stereocenters. The number of aromatic amines is 1. The first-order chi connectivity index (χ1) is 7.84. The molecule has 0 spiro atoms. The lowest BCUT2D eigenvalue weighted by Gasteiger charge is -2.08. The Hall–Kier alpha value is -1.35. The van der Waals surface area contributed by atoms with E-state index in [-0.39, 0.29) is 5.82 Å². The number of aromatic nitrogens is 1. The van der Waals surface area contributed by atoms with Gasteiger partial charge in [-0.15, -0.1) is 0 Å². The predicted octanol–water partition coefficient (Wildman–Crippen LogP) is 2.60. The van der Waals surface area contributed by atoms with E-state index in [4.69, 9.17) is 0 Å². The van der Waals surface area contributed by atoms with E-state index >= 15 is 0 Å². The van der Waals surface area contributed by atoms with Gasteiger partial charge in [-0.1, -0.05) is 6.07 Å². The van der Waals surface area contributed by atoms with Gasteiger partial charge in [-0.25, -0.2) is 4.39 Å². The van der Waals surface area contributed by atoms with Crippen LogP contribution in [0.25, 0.3) is 10.9 Å². The molecular formula is C13H15FN2. The van der Waals surface area contributed by atoms with Crippen LogP contribution in [0, 0.1) is 5.82 Å². The molecule has 84 valence electrons. The molecule has 0 saturated carbocycles. The summed E-state index contributed by atoms with van der Waals surface area (Å²) in [6, 6.07) is 5.70. The van der Waals surface area contributed by atoms with E-state index in [1.807, 2.05) is 12.3 Å². The lowest BCUT2D eigenvalue weighted by atomic mass is 10.0. The number of hydrogen-bond donors (Lipinski definition) is 2. The minimum absolute atomic E-state index is 0.119. The topological polar surface area (TPSA) is 27.8 Å². The molecule has 1 aromatic heterocycles. The van der Waals surface area contributed by atoms with Gasteiger partial charge >= 0.3 is 0 Å². The zero-order valence-corrected chi connectivity index (χ0v) is 9.09.